The average molecular weight is 204 g/mol. The third-order valence-corrected chi connectivity index (χ3v) is 2.91. The Morgan fingerprint density at radius 1 is 1.47 bits per heavy atom. The number of aromatic nitrogens is 1. The summed E-state index contributed by atoms with van der Waals surface area (Å²) in [6.45, 7) is 12.1. The van der Waals surface area contributed by atoms with Crippen LogP contribution < -0.4 is 0 Å². The van der Waals surface area contributed by atoms with Crippen molar-refractivity contribution in [2.45, 2.75) is 19.9 Å². The van der Waals surface area contributed by atoms with E-state index in [0.29, 0.717) is 6.04 Å². The van der Waals surface area contributed by atoms with Gasteiger partial charge >= 0.3 is 0 Å². The molecule has 0 aliphatic heterocycles. The van der Waals surface area contributed by atoms with Crippen LogP contribution in [0.5, 0.6) is 0 Å². The summed E-state index contributed by atoms with van der Waals surface area (Å²) in [4.78, 5) is 2.15. The van der Waals surface area contributed by atoms with E-state index in [-0.39, 0.29) is 0 Å². The van der Waals surface area contributed by atoms with Crippen LogP contribution in [-0.4, -0.2) is 16.5 Å². The molecule has 1 rings (SSSR count). The Bertz CT molecular complexity index is 374. The molecule has 1 unspecified atom stereocenters. The normalized spacial score (nSPS) is 12.3. The predicted octanol–water partition coefficient (Wildman–Crippen LogP) is 3.11. The van der Waals surface area contributed by atoms with Crippen molar-refractivity contribution in [3.05, 3.63) is 48.5 Å². The molecule has 0 N–H and O–H groups in total. The molecule has 82 valence electrons. The summed E-state index contributed by atoms with van der Waals surface area (Å²) in [6.07, 6.45) is 2.06. The van der Waals surface area contributed by atoms with Crippen molar-refractivity contribution < 1.29 is 0 Å². The molecule has 2 nitrogen and oxygen atoms in total. The zero-order chi connectivity index (χ0) is 11.6. The summed E-state index contributed by atoms with van der Waals surface area (Å²) in [5.74, 6) is 0. The van der Waals surface area contributed by atoms with E-state index in [4.69, 9.17) is 0 Å². The van der Waals surface area contributed by atoms with Gasteiger partial charge in [-0.05, 0) is 31.6 Å². The van der Waals surface area contributed by atoms with E-state index < -0.39 is 0 Å². The summed E-state index contributed by atoms with van der Waals surface area (Å²) >= 11 is 0. The van der Waals surface area contributed by atoms with Crippen LogP contribution in [0.4, 0.5) is 0 Å². The summed E-state index contributed by atoms with van der Waals surface area (Å²) in [7, 11) is 4.11. The highest BCUT2D eigenvalue weighted by Crippen LogP contribution is 2.24. The second kappa shape index (κ2) is 4.39. The van der Waals surface area contributed by atoms with Crippen molar-refractivity contribution in [3.63, 3.8) is 0 Å². The summed E-state index contributed by atoms with van der Waals surface area (Å²) in [5.41, 5.74) is 3.28. The maximum absolute atomic E-state index is 4.03. The van der Waals surface area contributed by atoms with E-state index >= 15 is 0 Å². The van der Waals surface area contributed by atoms with Crippen molar-refractivity contribution in [1.82, 2.24) is 9.47 Å². The highest BCUT2D eigenvalue weighted by Gasteiger charge is 2.15. The quantitative estimate of drug-likeness (QED) is 0.684. The minimum absolute atomic E-state index is 0.314. The Hall–Kier alpha value is -1.44. The van der Waals surface area contributed by atoms with E-state index in [0.717, 1.165) is 11.3 Å². The lowest BCUT2D eigenvalue weighted by molar-refractivity contribution is 0.326. The monoisotopic (exact) mass is 204 g/mol. The van der Waals surface area contributed by atoms with Gasteiger partial charge in [-0.3, -0.25) is 0 Å². The molecule has 0 saturated heterocycles. The van der Waals surface area contributed by atoms with Crippen LogP contribution in [0.15, 0.2) is 42.8 Å². The van der Waals surface area contributed by atoms with Gasteiger partial charge in [0.2, 0.25) is 0 Å². The molecule has 0 radical (unpaired) electrons. The maximum atomic E-state index is 4.03. The molecular formula is C13H20N2. The molecule has 0 bridgehead atoms. The molecule has 1 atom stereocenters. The van der Waals surface area contributed by atoms with E-state index in [9.17, 15) is 0 Å². The molecular weight excluding hydrogens is 184 g/mol. The average Bonchev–Trinajstić information content (AvgIpc) is 2.60. The number of aryl methyl sites for hydroxylation is 1. The Balaban J connectivity index is 2.86. The van der Waals surface area contributed by atoms with E-state index in [1.165, 1.54) is 5.69 Å². The van der Waals surface area contributed by atoms with Gasteiger partial charge in [0.25, 0.3) is 0 Å². The number of nitrogens with zero attached hydrogens (tertiary/aromatic N) is 2. The Labute approximate surface area is 92.5 Å². The zero-order valence-corrected chi connectivity index (χ0v) is 10.1. The van der Waals surface area contributed by atoms with Gasteiger partial charge in [0.05, 0.1) is 6.04 Å². The molecule has 0 saturated carbocycles. The van der Waals surface area contributed by atoms with Gasteiger partial charge in [-0.25, -0.2) is 0 Å². The summed E-state index contributed by atoms with van der Waals surface area (Å²) < 4.78 is 2.13. The zero-order valence-electron chi connectivity index (χ0n) is 10.1. The number of hydrogen-bond donors (Lipinski definition) is 0. The number of likely N-dealkylation sites (N-methyl/N-ethyl adjacent to an activating group) is 1. The molecule has 0 spiro atoms. The molecule has 0 fully saturated rings. The largest absolute Gasteiger partial charge is 0.367 e. The third-order valence-electron chi connectivity index (χ3n) is 2.91. The lowest BCUT2D eigenvalue weighted by Gasteiger charge is -2.29. The highest BCUT2D eigenvalue weighted by molar-refractivity contribution is 5.24. The molecule has 0 aromatic carbocycles. The summed E-state index contributed by atoms with van der Waals surface area (Å²) in [6, 6.07) is 4.50. The van der Waals surface area contributed by atoms with Crippen LogP contribution in [0.1, 0.15) is 25.6 Å². The van der Waals surface area contributed by atoms with Gasteiger partial charge < -0.3 is 9.47 Å². The second-order valence-corrected chi connectivity index (χ2v) is 4.06. The third kappa shape index (κ3) is 2.32. The second-order valence-electron chi connectivity index (χ2n) is 4.06. The highest BCUT2D eigenvalue weighted by atomic mass is 15.2. The fraction of sp³-hybridized carbons (Fsp3) is 0.385. The van der Waals surface area contributed by atoms with Crippen molar-refractivity contribution in [1.29, 1.82) is 0 Å². The van der Waals surface area contributed by atoms with Crippen LogP contribution in [0.2, 0.25) is 0 Å². The predicted molar refractivity (Wildman–Crippen MR) is 65.5 cm³/mol. The van der Waals surface area contributed by atoms with E-state index in [2.05, 4.69) is 62.0 Å². The number of rotatable bonds is 4. The van der Waals surface area contributed by atoms with Gasteiger partial charge in [-0.2, -0.15) is 0 Å². The fourth-order valence-electron chi connectivity index (χ4n) is 1.64. The minimum atomic E-state index is 0.314. The molecule has 15 heavy (non-hydrogen) atoms. The molecule has 1 aromatic rings. The lowest BCUT2D eigenvalue weighted by Crippen LogP contribution is -2.23. The molecule has 1 aromatic heterocycles. The SMILES string of the molecule is C=C(C)C(=C)N(C)C(C)c1cccn1C. The number of hydrogen-bond acceptors (Lipinski definition) is 1. The molecule has 1 heterocycles. The Kier molecular flexibility index (Phi) is 3.40. The molecule has 0 aliphatic carbocycles. The lowest BCUT2D eigenvalue weighted by atomic mass is 10.1. The minimum Gasteiger partial charge on any atom is -0.367 e. The molecule has 2 heteroatoms. The number of allylic oxidation sites excluding steroid dienone is 1. The van der Waals surface area contributed by atoms with Crippen molar-refractivity contribution >= 4 is 0 Å². The fourth-order valence-corrected chi connectivity index (χ4v) is 1.64. The Morgan fingerprint density at radius 2 is 2.07 bits per heavy atom. The van der Waals surface area contributed by atoms with E-state index in [1.807, 2.05) is 6.92 Å². The van der Waals surface area contributed by atoms with Crippen LogP contribution in [0, 0.1) is 0 Å². The van der Waals surface area contributed by atoms with Crippen LogP contribution >= 0.6 is 0 Å². The van der Waals surface area contributed by atoms with Crippen LogP contribution in [-0.2, 0) is 7.05 Å². The first-order valence-electron chi connectivity index (χ1n) is 5.14. The van der Waals surface area contributed by atoms with Gasteiger partial charge in [-0.1, -0.05) is 13.2 Å². The van der Waals surface area contributed by atoms with Crippen LogP contribution in [0.25, 0.3) is 0 Å². The smallest absolute Gasteiger partial charge is 0.0662 e. The Morgan fingerprint density at radius 3 is 2.47 bits per heavy atom. The van der Waals surface area contributed by atoms with Crippen molar-refractivity contribution in [3.8, 4) is 0 Å². The van der Waals surface area contributed by atoms with Gasteiger partial charge in [-0.15, -0.1) is 0 Å². The first kappa shape index (κ1) is 11.6. The van der Waals surface area contributed by atoms with Gasteiger partial charge in [0.1, 0.15) is 0 Å². The topological polar surface area (TPSA) is 8.17 Å². The molecule has 0 amide bonds. The first-order valence-corrected chi connectivity index (χ1v) is 5.14. The van der Waals surface area contributed by atoms with Crippen molar-refractivity contribution in [2.75, 3.05) is 7.05 Å². The van der Waals surface area contributed by atoms with Crippen LogP contribution in [0.3, 0.4) is 0 Å². The first-order chi connectivity index (χ1) is 6.95. The van der Waals surface area contributed by atoms with Crippen molar-refractivity contribution in [2.24, 2.45) is 7.05 Å². The van der Waals surface area contributed by atoms with Gasteiger partial charge in [0.15, 0.2) is 0 Å². The van der Waals surface area contributed by atoms with Gasteiger partial charge in [0, 0.05) is 31.7 Å². The maximum Gasteiger partial charge on any atom is 0.0662 e. The standard InChI is InChI=1S/C13H20N2/c1-10(2)11(3)15(6)12(4)13-8-7-9-14(13)5/h7-9,12H,1,3H2,2,4-6H3. The summed E-state index contributed by atoms with van der Waals surface area (Å²) in [5, 5.41) is 0. The molecule has 0 aliphatic rings. The van der Waals surface area contributed by atoms with E-state index in [1.54, 1.807) is 0 Å².